The minimum atomic E-state index is -4.45. The summed E-state index contributed by atoms with van der Waals surface area (Å²) in [4.78, 5) is 20.0. The van der Waals surface area contributed by atoms with Gasteiger partial charge in [-0.2, -0.15) is 13.2 Å². The van der Waals surface area contributed by atoms with Crippen molar-refractivity contribution < 1.29 is 18.0 Å². The molecular weight excluding hydrogens is 393 g/mol. The number of halogens is 3. The standard InChI is InChI=1S/C22H19F3N4O/c1-12-8-19(27-10-14-6-7-18(26-9-14)22(23,24)25)29-13(2)20(12)15-4-3-5-16-17(15)11-28-21(16)30/h3-9H,10-11H2,1-2H3,(H,27,29)(H,28,30). The predicted molar refractivity (Wildman–Crippen MR) is 107 cm³/mol. The van der Waals surface area contributed by atoms with E-state index >= 15 is 0 Å². The molecule has 1 aliphatic heterocycles. The highest BCUT2D eigenvalue weighted by atomic mass is 19.4. The van der Waals surface area contributed by atoms with Crippen molar-refractivity contribution in [1.29, 1.82) is 0 Å². The Morgan fingerprint density at radius 1 is 1.13 bits per heavy atom. The number of rotatable bonds is 4. The molecule has 1 aliphatic rings. The van der Waals surface area contributed by atoms with Crippen LogP contribution in [0.25, 0.3) is 11.1 Å². The van der Waals surface area contributed by atoms with Gasteiger partial charge in [-0.3, -0.25) is 9.78 Å². The van der Waals surface area contributed by atoms with Gasteiger partial charge in [-0.05, 0) is 54.3 Å². The van der Waals surface area contributed by atoms with Crippen molar-refractivity contribution in [2.45, 2.75) is 33.1 Å². The molecule has 0 atom stereocenters. The summed E-state index contributed by atoms with van der Waals surface area (Å²) in [6.45, 7) is 4.66. The van der Waals surface area contributed by atoms with E-state index in [0.717, 1.165) is 34.0 Å². The lowest BCUT2D eigenvalue weighted by Gasteiger charge is -2.15. The fourth-order valence-electron chi connectivity index (χ4n) is 3.71. The number of pyridine rings is 2. The number of aryl methyl sites for hydroxylation is 2. The predicted octanol–water partition coefficient (Wildman–Crippen LogP) is 4.63. The summed E-state index contributed by atoms with van der Waals surface area (Å²) >= 11 is 0. The molecule has 3 aromatic rings. The van der Waals surface area contributed by atoms with Crippen LogP contribution < -0.4 is 10.6 Å². The number of nitrogens with one attached hydrogen (secondary N) is 2. The second kappa shape index (κ2) is 7.44. The second-order valence-electron chi connectivity index (χ2n) is 7.20. The van der Waals surface area contributed by atoms with E-state index in [9.17, 15) is 18.0 Å². The average molecular weight is 412 g/mol. The summed E-state index contributed by atoms with van der Waals surface area (Å²) in [6, 6.07) is 9.92. The first-order valence-corrected chi connectivity index (χ1v) is 9.39. The van der Waals surface area contributed by atoms with Crippen molar-refractivity contribution in [3.05, 3.63) is 76.2 Å². The van der Waals surface area contributed by atoms with Crippen LogP contribution in [0.15, 0.2) is 42.6 Å². The number of hydrogen-bond acceptors (Lipinski definition) is 4. The number of carbonyl (C=O) groups is 1. The van der Waals surface area contributed by atoms with Gasteiger partial charge >= 0.3 is 6.18 Å². The molecule has 0 saturated carbocycles. The number of anilines is 1. The van der Waals surface area contributed by atoms with E-state index < -0.39 is 11.9 Å². The number of carbonyl (C=O) groups excluding carboxylic acids is 1. The van der Waals surface area contributed by atoms with Crippen LogP contribution in [0.5, 0.6) is 0 Å². The van der Waals surface area contributed by atoms with Gasteiger partial charge in [0.05, 0.1) is 0 Å². The molecule has 0 saturated heterocycles. The summed E-state index contributed by atoms with van der Waals surface area (Å²) in [5, 5.41) is 5.99. The average Bonchev–Trinajstić information content (AvgIpc) is 3.07. The molecule has 1 aromatic carbocycles. The summed E-state index contributed by atoms with van der Waals surface area (Å²) in [5.74, 6) is 0.550. The van der Waals surface area contributed by atoms with Crippen LogP contribution in [0, 0.1) is 13.8 Å². The highest BCUT2D eigenvalue weighted by Gasteiger charge is 2.32. The zero-order valence-electron chi connectivity index (χ0n) is 16.4. The Morgan fingerprint density at radius 3 is 2.57 bits per heavy atom. The van der Waals surface area contributed by atoms with Gasteiger partial charge in [0.15, 0.2) is 0 Å². The topological polar surface area (TPSA) is 66.9 Å². The molecule has 0 unspecified atom stereocenters. The van der Waals surface area contributed by atoms with Crippen LogP contribution in [-0.4, -0.2) is 15.9 Å². The summed E-state index contributed by atoms with van der Waals surface area (Å²) in [6.07, 6.45) is -3.24. The summed E-state index contributed by atoms with van der Waals surface area (Å²) in [7, 11) is 0. The van der Waals surface area contributed by atoms with Gasteiger partial charge in [0.1, 0.15) is 11.5 Å². The Balaban J connectivity index is 1.56. The smallest absolute Gasteiger partial charge is 0.366 e. The highest BCUT2D eigenvalue weighted by molar-refractivity contribution is 6.00. The van der Waals surface area contributed by atoms with Gasteiger partial charge in [0, 0.05) is 36.1 Å². The van der Waals surface area contributed by atoms with Crippen LogP contribution in [-0.2, 0) is 19.3 Å². The van der Waals surface area contributed by atoms with Crippen LogP contribution >= 0.6 is 0 Å². The molecule has 0 spiro atoms. The van der Waals surface area contributed by atoms with Crippen molar-refractivity contribution in [2.75, 3.05) is 5.32 Å². The third kappa shape index (κ3) is 3.72. The first kappa shape index (κ1) is 19.9. The molecule has 154 valence electrons. The zero-order chi connectivity index (χ0) is 21.5. The summed E-state index contributed by atoms with van der Waals surface area (Å²) in [5.41, 5.74) is 5.10. The van der Waals surface area contributed by atoms with Crippen molar-refractivity contribution in [2.24, 2.45) is 0 Å². The number of aromatic nitrogens is 2. The van der Waals surface area contributed by atoms with E-state index in [-0.39, 0.29) is 5.91 Å². The quantitative estimate of drug-likeness (QED) is 0.656. The Labute approximate surface area is 171 Å². The van der Waals surface area contributed by atoms with E-state index in [1.54, 1.807) is 0 Å². The van der Waals surface area contributed by atoms with Crippen molar-refractivity contribution in [3.63, 3.8) is 0 Å². The first-order valence-electron chi connectivity index (χ1n) is 9.39. The highest BCUT2D eigenvalue weighted by Crippen LogP contribution is 2.34. The molecule has 0 aliphatic carbocycles. The number of benzene rings is 1. The second-order valence-corrected chi connectivity index (χ2v) is 7.20. The van der Waals surface area contributed by atoms with Crippen molar-refractivity contribution in [1.82, 2.24) is 15.3 Å². The fraction of sp³-hybridized carbons (Fsp3) is 0.227. The number of alkyl halides is 3. The minimum Gasteiger partial charge on any atom is -0.366 e. The van der Waals surface area contributed by atoms with E-state index in [2.05, 4.69) is 20.6 Å². The lowest BCUT2D eigenvalue weighted by Crippen LogP contribution is -2.12. The van der Waals surface area contributed by atoms with Gasteiger partial charge in [-0.1, -0.05) is 18.2 Å². The van der Waals surface area contributed by atoms with E-state index in [0.29, 0.717) is 30.0 Å². The third-order valence-corrected chi connectivity index (χ3v) is 5.10. The Morgan fingerprint density at radius 2 is 1.90 bits per heavy atom. The van der Waals surface area contributed by atoms with Gasteiger partial charge in [-0.25, -0.2) is 4.98 Å². The molecule has 8 heteroatoms. The monoisotopic (exact) mass is 412 g/mol. The Kier molecular flexibility index (Phi) is 4.93. The Hall–Kier alpha value is -3.42. The van der Waals surface area contributed by atoms with Gasteiger partial charge < -0.3 is 10.6 Å². The zero-order valence-corrected chi connectivity index (χ0v) is 16.4. The fourth-order valence-corrected chi connectivity index (χ4v) is 3.71. The maximum Gasteiger partial charge on any atom is 0.433 e. The van der Waals surface area contributed by atoms with Crippen molar-refractivity contribution >= 4 is 11.7 Å². The minimum absolute atomic E-state index is 0.0708. The van der Waals surface area contributed by atoms with Crippen LogP contribution in [0.4, 0.5) is 19.0 Å². The van der Waals surface area contributed by atoms with Gasteiger partial charge in [0.25, 0.3) is 5.91 Å². The van der Waals surface area contributed by atoms with Gasteiger partial charge in [-0.15, -0.1) is 0 Å². The lowest BCUT2D eigenvalue weighted by molar-refractivity contribution is -0.141. The van der Waals surface area contributed by atoms with Gasteiger partial charge in [0.2, 0.25) is 0 Å². The van der Waals surface area contributed by atoms with E-state index in [1.165, 1.54) is 12.3 Å². The molecule has 4 rings (SSSR count). The third-order valence-electron chi connectivity index (χ3n) is 5.10. The molecular formula is C22H19F3N4O. The van der Waals surface area contributed by atoms with Crippen LogP contribution in [0.1, 0.15) is 38.4 Å². The Bertz CT molecular complexity index is 1100. The van der Waals surface area contributed by atoms with Crippen molar-refractivity contribution in [3.8, 4) is 11.1 Å². The first-order chi connectivity index (χ1) is 14.2. The molecule has 3 heterocycles. The maximum absolute atomic E-state index is 12.6. The molecule has 5 nitrogen and oxygen atoms in total. The number of amides is 1. The van der Waals surface area contributed by atoms with E-state index in [1.807, 2.05) is 38.1 Å². The molecule has 0 fully saturated rings. The molecule has 2 aromatic heterocycles. The largest absolute Gasteiger partial charge is 0.433 e. The van der Waals surface area contributed by atoms with E-state index in [4.69, 9.17) is 0 Å². The molecule has 2 N–H and O–H groups in total. The van der Waals surface area contributed by atoms with Crippen LogP contribution in [0.3, 0.4) is 0 Å². The molecule has 0 radical (unpaired) electrons. The number of fused-ring (bicyclic) bond motifs is 1. The lowest BCUT2D eigenvalue weighted by atomic mass is 9.93. The SMILES string of the molecule is Cc1cc(NCc2ccc(C(F)(F)F)nc2)nc(C)c1-c1cccc2c1CNC2=O. The maximum atomic E-state index is 12.6. The normalized spacial score (nSPS) is 13.2. The number of nitrogens with zero attached hydrogens (tertiary/aromatic N) is 2. The molecule has 1 amide bonds. The summed E-state index contributed by atoms with van der Waals surface area (Å²) < 4.78 is 37.9. The molecule has 0 bridgehead atoms. The molecule has 30 heavy (non-hydrogen) atoms. The van der Waals surface area contributed by atoms with Crippen LogP contribution in [0.2, 0.25) is 0 Å². The number of hydrogen-bond donors (Lipinski definition) is 2.